The molecule has 4 rings (SSSR count). The monoisotopic (exact) mass is 412 g/mol. The number of carboxylic acids is 1. The first kappa shape index (κ1) is 19.8. The predicted molar refractivity (Wildman–Crippen MR) is 113 cm³/mol. The number of aliphatic carboxylic acids is 1. The highest BCUT2D eigenvalue weighted by molar-refractivity contribution is 6.30. The second-order valence-electron chi connectivity index (χ2n) is 8.11. The summed E-state index contributed by atoms with van der Waals surface area (Å²) < 4.78 is 0. The van der Waals surface area contributed by atoms with Crippen LogP contribution in [-0.2, 0) is 15.0 Å². The highest BCUT2D eigenvalue weighted by Crippen LogP contribution is 2.45. The average Bonchev–Trinajstić information content (AvgIpc) is 3.49. The number of amides is 1. The van der Waals surface area contributed by atoms with Gasteiger partial charge in [-0.3, -0.25) is 9.59 Å². The minimum atomic E-state index is -0.810. The van der Waals surface area contributed by atoms with Gasteiger partial charge >= 0.3 is 5.97 Å². The van der Waals surface area contributed by atoms with E-state index in [0.717, 1.165) is 41.6 Å². The number of carboxylic acid groups (broad SMARTS) is 1. The van der Waals surface area contributed by atoms with Crippen molar-refractivity contribution < 1.29 is 14.7 Å². The van der Waals surface area contributed by atoms with Crippen molar-refractivity contribution in [2.24, 2.45) is 0 Å². The van der Waals surface area contributed by atoms with E-state index in [1.54, 1.807) is 7.05 Å². The molecule has 6 heteroatoms. The van der Waals surface area contributed by atoms with Crippen LogP contribution >= 0.6 is 11.6 Å². The second-order valence-corrected chi connectivity index (χ2v) is 8.54. The van der Waals surface area contributed by atoms with Gasteiger partial charge in [0.15, 0.2) is 0 Å². The first-order valence-electron chi connectivity index (χ1n) is 10.1. The minimum Gasteiger partial charge on any atom is -0.481 e. The quantitative estimate of drug-likeness (QED) is 0.619. The van der Waals surface area contributed by atoms with E-state index in [9.17, 15) is 14.7 Å². The molecule has 1 atom stereocenters. The van der Waals surface area contributed by atoms with E-state index in [0.29, 0.717) is 23.8 Å². The van der Waals surface area contributed by atoms with E-state index in [4.69, 9.17) is 11.6 Å². The van der Waals surface area contributed by atoms with Crippen molar-refractivity contribution in [3.05, 3.63) is 64.2 Å². The molecule has 5 nitrogen and oxygen atoms in total. The summed E-state index contributed by atoms with van der Waals surface area (Å²) in [6, 6.07) is 12.6. The number of likely N-dealkylation sites (N-methyl/N-ethyl adjacent to an activating group) is 1. The molecular formula is C23H25ClN2O3. The molecule has 1 amide bonds. The Labute approximate surface area is 175 Å². The number of carbonyl (C=O) groups excluding carboxylic acids is 1. The molecule has 3 N–H and O–H groups in total. The Morgan fingerprint density at radius 1 is 1.17 bits per heavy atom. The van der Waals surface area contributed by atoms with Gasteiger partial charge in [-0.05, 0) is 72.6 Å². The number of anilines is 1. The lowest BCUT2D eigenvalue weighted by molar-refractivity contribution is -0.147. The smallest absolute Gasteiger partial charge is 0.314 e. The lowest BCUT2D eigenvalue weighted by Gasteiger charge is -2.38. The normalized spacial score (nSPS) is 18.4. The predicted octanol–water partition coefficient (Wildman–Crippen LogP) is 4.62. The van der Waals surface area contributed by atoms with Gasteiger partial charge in [0.1, 0.15) is 6.04 Å². The molecule has 2 saturated carbocycles. The molecule has 0 saturated heterocycles. The highest BCUT2D eigenvalue weighted by Gasteiger charge is 2.46. The maximum atomic E-state index is 12.7. The van der Waals surface area contributed by atoms with Crippen LogP contribution in [0.25, 0.3) is 0 Å². The zero-order chi connectivity index (χ0) is 20.6. The van der Waals surface area contributed by atoms with Crippen LogP contribution in [-0.4, -0.2) is 24.0 Å². The number of hydrogen-bond acceptors (Lipinski definition) is 3. The number of hydrogen-bond donors (Lipinski definition) is 3. The molecule has 2 aliphatic carbocycles. The molecule has 2 aliphatic rings. The molecule has 0 spiro atoms. The van der Waals surface area contributed by atoms with Crippen molar-refractivity contribution in [3.8, 4) is 0 Å². The lowest BCUT2D eigenvalue weighted by atomic mass is 9.64. The summed E-state index contributed by atoms with van der Waals surface area (Å²) in [5.41, 5.74) is 2.66. The molecule has 0 bridgehead atoms. The molecule has 2 aromatic carbocycles. The fraction of sp³-hybridized carbons (Fsp3) is 0.391. The van der Waals surface area contributed by atoms with Crippen LogP contribution < -0.4 is 10.6 Å². The molecule has 29 heavy (non-hydrogen) atoms. The molecule has 2 fully saturated rings. The van der Waals surface area contributed by atoms with Crippen LogP contribution in [0.15, 0.2) is 42.5 Å². The zero-order valence-electron chi connectivity index (χ0n) is 16.4. The Morgan fingerprint density at radius 3 is 2.52 bits per heavy atom. The Morgan fingerprint density at radius 2 is 1.93 bits per heavy atom. The maximum Gasteiger partial charge on any atom is 0.314 e. The van der Waals surface area contributed by atoms with Gasteiger partial charge in [-0.1, -0.05) is 36.2 Å². The number of nitrogens with one attached hydrogen (secondary N) is 2. The summed E-state index contributed by atoms with van der Waals surface area (Å²) in [6.07, 6.45) is 4.50. The average molecular weight is 413 g/mol. The van der Waals surface area contributed by atoms with Crippen LogP contribution in [0.1, 0.15) is 60.8 Å². The summed E-state index contributed by atoms with van der Waals surface area (Å²) in [7, 11) is 1.60. The van der Waals surface area contributed by atoms with Gasteiger partial charge in [0.2, 0.25) is 5.91 Å². The van der Waals surface area contributed by atoms with Crippen molar-refractivity contribution in [2.75, 3.05) is 12.4 Å². The number of benzene rings is 2. The van der Waals surface area contributed by atoms with E-state index in [1.165, 1.54) is 0 Å². The van der Waals surface area contributed by atoms with Crippen molar-refractivity contribution in [1.82, 2.24) is 5.32 Å². The van der Waals surface area contributed by atoms with Crippen molar-refractivity contribution in [1.29, 1.82) is 0 Å². The van der Waals surface area contributed by atoms with E-state index < -0.39 is 17.4 Å². The third-order valence-corrected chi connectivity index (χ3v) is 6.39. The summed E-state index contributed by atoms with van der Waals surface area (Å²) in [5.74, 6) is -0.432. The number of carbonyl (C=O) groups is 2. The molecule has 0 heterocycles. The first-order valence-corrected chi connectivity index (χ1v) is 10.4. The maximum absolute atomic E-state index is 12.7. The SMILES string of the molecule is CNC(=O)[C@H](Nc1cccc(C2(C(=O)O)CCC2)c1)c1cc(Cl)cc(C2CC2)c1. The summed E-state index contributed by atoms with van der Waals surface area (Å²) >= 11 is 6.34. The Balaban J connectivity index is 1.66. The third-order valence-electron chi connectivity index (χ3n) is 6.18. The van der Waals surface area contributed by atoms with Gasteiger partial charge in [-0.15, -0.1) is 0 Å². The van der Waals surface area contributed by atoms with Gasteiger partial charge in [0.05, 0.1) is 5.41 Å². The highest BCUT2D eigenvalue weighted by atomic mass is 35.5. The molecule has 0 unspecified atom stereocenters. The number of halogens is 1. The van der Waals surface area contributed by atoms with Crippen LogP contribution in [0.4, 0.5) is 5.69 Å². The fourth-order valence-corrected chi connectivity index (χ4v) is 4.38. The first-order chi connectivity index (χ1) is 13.9. The second kappa shape index (κ2) is 7.71. The van der Waals surface area contributed by atoms with Crippen LogP contribution in [0, 0.1) is 0 Å². The summed E-state index contributed by atoms with van der Waals surface area (Å²) in [6.45, 7) is 0. The molecular weight excluding hydrogens is 388 g/mol. The van der Waals surface area contributed by atoms with Gasteiger partial charge in [-0.25, -0.2) is 0 Å². The molecule has 0 aliphatic heterocycles. The van der Waals surface area contributed by atoms with Gasteiger partial charge in [0.25, 0.3) is 0 Å². The van der Waals surface area contributed by atoms with Crippen molar-refractivity contribution in [3.63, 3.8) is 0 Å². The molecule has 152 valence electrons. The molecule has 0 radical (unpaired) electrons. The Bertz CT molecular complexity index is 951. The van der Waals surface area contributed by atoms with Gasteiger partial charge in [0, 0.05) is 17.8 Å². The largest absolute Gasteiger partial charge is 0.481 e. The summed E-state index contributed by atoms with van der Waals surface area (Å²) in [5, 5.41) is 16.4. The van der Waals surface area contributed by atoms with E-state index in [1.807, 2.05) is 42.5 Å². The summed E-state index contributed by atoms with van der Waals surface area (Å²) in [4.78, 5) is 24.5. The fourth-order valence-electron chi connectivity index (χ4n) is 4.13. The van der Waals surface area contributed by atoms with Crippen LogP contribution in [0.2, 0.25) is 5.02 Å². The Kier molecular flexibility index (Phi) is 5.26. The van der Waals surface area contributed by atoms with E-state index in [-0.39, 0.29) is 5.91 Å². The van der Waals surface area contributed by atoms with Crippen molar-refractivity contribution >= 4 is 29.2 Å². The third kappa shape index (κ3) is 3.84. The standard InChI is InChI=1S/C23H25ClN2O3/c1-25-21(27)20(16-10-15(14-6-7-14)11-18(24)12-16)26-19-5-2-4-17(13-19)23(22(28)29)8-3-9-23/h2,4-5,10-14,20,26H,3,6-9H2,1H3,(H,25,27)(H,28,29)/t20-/m1/s1. The number of rotatable bonds is 7. The molecule has 2 aromatic rings. The van der Waals surface area contributed by atoms with Gasteiger partial charge in [-0.2, -0.15) is 0 Å². The lowest BCUT2D eigenvalue weighted by Crippen LogP contribution is -2.42. The van der Waals surface area contributed by atoms with E-state index in [2.05, 4.69) is 10.6 Å². The molecule has 0 aromatic heterocycles. The van der Waals surface area contributed by atoms with Crippen LogP contribution in [0.3, 0.4) is 0 Å². The topological polar surface area (TPSA) is 78.4 Å². The van der Waals surface area contributed by atoms with E-state index >= 15 is 0 Å². The Hall–Kier alpha value is -2.53. The van der Waals surface area contributed by atoms with Crippen molar-refractivity contribution in [2.45, 2.75) is 49.5 Å². The van der Waals surface area contributed by atoms with Crippen LogP contribution in [0.5, 0.6) is 0 Å². The van der Waals surface area contributed by atoms with Gasteiger partial charge < -0.3 is 15.7 Å². The zero-order valence-corrected chi connectivity index (χ0v) is 17.1. The minimum absolute atomic E-state index is 0.170.